The van der Waals surface area contributed by atoms with Crippen molar-refractivity contribution < 1.29 is 13.9 Å². The van der Waals surface area contributed by atoms with E-state index in [-0.39, 0.29) is 17.6 Å². The molecule has 0 spiro atoms. The molecular formula is C23H29FN4O2. The van der Waals surface area contributed by atoms with Crippen LogP contribution in [0.1, 0.15) is 43.0 Å². The Hall–Kier alpha value is -2.70. The number of carbonyl (C=O) groups excluding carboxylic acids is 1. The Morgan fingerprint density at radius 1 is 1.10 bits per heavy atom. The first-order valence-corrected chi connectivity index (χ1v) is 10.8. The van der Waals surface area contributed by atoms with Gasteiger partial charge in [0.05, 0.1) is 12.2 Å². The van der Waals surface area contributed by atoms with Crippen molar-refractivity contribution in [3.8, 4) is 5.75 Å². The maximum atomic E-state index is 13.0. The number of amides is 1. The van der Waals surface area contributed by atoms with E-state index in [0.717, 1.165) is 38.9 Å². The second-order valence-electron chi connectivity index (χ2n) is 8.49. The van der Waals surface area contributed by atoms with Crippen LogP contribution in [0.3, 0.4) is 0 Å². The lowest BCUT2D eigenvalue weighted by atomic mass is 9.98. The highest BCUT2D eigenvalue weighted by molar-refractivity contribution is 5.93. The number of anilines is 1. The average molecular weight is 413 g/mol. The molecule has 7 heteroatoms. The summed E-state index contributed by atoms with van der Waals surface area (Å²) in [5, 5.41) is 0. The fourth-order valence-electron chi connectivity index (χ4n) is 4.28. The van der Waals surface area contributed by atoms with Crippen LogP contribution in [-0.4, -0.2) is 53.6 Å². The third-order valence-corrected chi connectivity index (χ3v) is 5.93. The van der Waals surface area contributed by atoms with E-state index >= 15 is 0 Å². The summed E-state index contributed by atoms with van der Waals surface area (Å²) in [5.74, 6) is 1.95. The zero-order valence-electron chi connectivity index (χ0n) is 17.5. The van der Waals surface area contributed by atoms with Gasteiger partial charge in [0.15, 0.2) is 0 Å². The van der Waals surface area contributed by atoms with E-state index in [0.29, 0.717) is 36.3 Å². The molecule has 6 nitrogen and oxygen atoms in total. The van der Waals surface area contributed by atoms with Crippen molar-refractivity contribution in [2.24, 2.45) is 11.8 Å². The molecule has 2 aliphatic heterocycles. The molecule has 160 valence electrons. The second kappa shape index (κ2) is 9.41. The number of ether oxygens (including phenoxy) is 1. The van der Waals surface area contributed by atoms with E-state index in [1.807, 2.05) is 4.90 Å². The number of aromatic nitrogens is 2. The number of carbonyl (C=O) groups is 1. The summed E-state index contributed by atoms with van der Waals surface area (Å²) in [5.41, 5.74) is 0.531. The second-order valence-corrected chi connectivity index (χ2v) is 8.49. The molecule has 0 unspecified atom stereocenters. The van der Waals surface area contributed by atoms with Crippen molar-refractivity contribution in [3.05, 3.63) is 48.0 Å². The molecule has 0 bridgehead atoms. The molecule has 2 saturated heterocycles. The monoisotopic (exact) mass is 412 g/mol. The number of halogens is 1. The minimum atomic E-state index is -0.278. The fourth-order valence-corrected chi connectivity index (χ4v) is 4.28. The van der Waals surface area contributed by atoms with Gasteiger partial charge >= 0.3 is 0 Å². The minimum Gasteiger partial charge on any atom is -0.493 e. The van der Waals surface area contributed by atoms with Gasteiger partial charge in [-0.3, -0.25) is 4.79 Å². The molecule has 1 aromatic heterocycles. The third-order valence-electron chi connectivity index (χ3n) is 5.93. The number of nitrogens with zero attached hydrogens (tertiary/aromatic N) is 4. The number of hydrogen-bond donors (Lipinski definition) is 0. The van der Waals surface area contributed by atoms with Crippen LogP contribution >= 0.6 is 0 Å². The maximum absolute atomic E-state index is 13.0. The Morgan fingerprint density at radius 2 is 1.83 bits per heavy atom. The average Bonchev–Trinajstić information content (AvgIpc) is 2.78. The highest BCUT2D eigenvalue weighted by Crippen LogP contribution is 2.22. The van der Waals surface area contributed by atoms with Crippen LogP contribution in [0.15, 0.2) is 36.7 Å². The predicted molar refractivity (Wildman–Crippen MR) is 113 cm³/mol. The van der Waals surface area contributed by atoms with Gasteiger partial charge in [-0.1, -0.05) is 6.92 Å². The number of benzene rings is 1. The summed E-state index contributed by atoms with van der Waals surface area (Å²) in [7, 11) is 0. The Kier molecular flexibility index (Phi) is 6.45. The molecule has 2 aliphatic rings. The Bertz CT molecular complexity index is 843. The van der Waals surface area contributed by atoms with Gasteiger partial charge in [0, 0.05) is 44.5 Å². The van der Waals surface area contributed by atoms with E-state index in [9.17, 15) is 9.18 Å². The molecule has 4 rings (SSSR count). The number of hydrogen-bond acceptors (Lipinski definition) is 5. The van der Waals surface area contributed by atoms with E-state index in [1.165, 1.54) is 18.6 Å². The van der Waals surface area contributed by atoms with Crippen LogP contribution in [0.5, 0.6) is 5.75 Å². The fraction of sp³-hybridized carbons (Fsp3) is 0.522. The molecular weight excluding hydrogens is 383 g/mol. The molecule has 2 aromatic rings. The van der Waals surface area contributed by atoms with Gasteiger partial charge in [0.2, 0.25) is 5.95 Å². The molecule has 0 aliphatic carbocycles. The van der Waals surface area contributed by atoms with Gasteiger partial charge in [-0.15, -0.1) is 0 Å². The van der Waals surface area contributed by atoms with Crippen molar-refractivity contribution in [2.75, 3.05) is 37.7 Å². The van der Waals surface area contributed by atoms with E-state index in [4.69, 9.17) is 4.74 Å². The van der Waals surface area contributed by atoms with Crippen LogP contribution in [0.4, 0.5) is 10.3 Å². The smallest absolute Gasteiger partial charge is 0.257 e. The highest BCUT2D eigenvalue weighted by atomic mass is 19.1. The summed E-state index contributed by atoms with van der Waals surface area (Å²) in [6.45, 7) is 6.08. The number of piperidine rings is 2. The first-order valence-electron chi connectivity index (χ1n) is 10.8. The minimum absolute atomic E-state index is 0.0277. The largest absolute Gasteiger partial charge is 0.493 e. The Labute approximate surface area is 177 Å². The zero-order valence-corrected chi connectivity index (χ0v) is 17.5. The van der Waals surface area contributed by atoms with Crippen LogP contribution in [0, 0.1) is 17.7 Å². The summed E-state index contributed by atoms with van der Waals surface area (Å²) in [4.78, 5) is 25.9. The molecule has 0 N–H and O–H groups in total. The lowest BCUT2D eigenvalue weighted by Gasteiger charge is -2.33. The molecule has 30 heavy (non-hydrogen) atoms. The van der Waals surface area contributed by atoms with E-state index in [1.54, 1.807) is 24.5 Å². The number of likely N-dealkylation sites (tertiary alicyclic amines) is 1. The van der Waals surface area contributed by atoms with Gasteiger partial charge in [-0.2, -0.15) is 0 Å². The van der Waals surface area contributed by atoms with Crippen LogP contribution in [0.25, 0.3) is 0 Å². The maximum Gasteiger partial charge on any atom is 0.257 e. The normalized spacial score (nSPS) is 22.1. The van der Waals surface area contributed by atoms with Gasteiger partial charge in [-0.05, 0) is 55.9 Å². The third kappa shape index (κ3) is 5.07. The molecule has 3 heterocycles. The molecule has 0 saturated carbocycles. The Morgan fingerprint density at radius 3 is 2.57 bits per heavy atom. The SMILES string of the molecule is C[C@H]1CCCN(c2ncc(C(=O)N3CCC[C@H](COc4ccc(F)cc4)C3)cn2)C1. The molecule has 2 atom stereocenters. The predicted octanol–water partition coefficient (Wildman–Crippen LogP) is 3.78. The van der Waals surface area contributed by atoms with Gasteiger partial charge in [-0.25, -0.2) is 14.4 Å². The summed E-state index contributed by atoms with van der Waals surface area (Å²) < 4.78 is 18.8. The number of rotatable bonds is 5. The van der Waals surface area contributed by atoms with Crippen molar-refractivity contribution in [2.45, 2.75) is 32.6 Å². The summed E-state index contributed by atoms with van der Waals surface area (Å²) >= 11 is 0. The van der Waals surface area contributed by atoms with Gasteiger partial charge in [0.1, 0.15) is 11.6 Å². The van der Waals surface area contributed by atoms with Crippen molar-refractivity contribution in [1.82, 2.24) is 14.9 Å². The molecule has 2 fully saturated rings. The highest BCUT2D eigenvalue weighted by Gasteiger charge is 2.26. The topological polar surface area (TPSA) is 58.6 Å². The van der Waals surface area contributed by atoms with E-state index < -0.39 is 0 Å². The lowest BCUT2D eigenvalue weighted by molar-refractivity contribution is 0.0632. The standard InChI is InChI=1S/C23H29FN4O2/c1-17-4-2-11-28(14-17)23-25-12-19(13-26-23)22(29)27-10-3-5-18(15-27)16-30-21-8-6-20(24)7-9-21/h6-9,12-13,17-18H,2-5,10-11,14-16H2,1H3/t17-,18-/m0/s1. The van der Waals surface area contributed by atoms with Crippen LogP contribution in [0.2, 0.25) is 0 Å². The van der Waals surface area contributed by atoms with Crippen LogP contribution < -0.4 is 9.64 Å². The van der Waals surface area contributed by atoms with Gasteiger partial charge in [0.25, 0.3) is 5.91 Å². The summed E-state index contributed by atoms with van der Waals surface area (Å²) in [6.07, 6.45) is 7.65. The zero-order chi connectivity index (χ0) is 20.9. The molecule has 1 amide bonds. The first kappa shape index (κ1) is 20.6. The Balaban J connectivity index is 1.32. The van der Waals surface area contributed by atoms with E-state index in [2.05, 4.69) is 21.8 Å². The van der Waals surface area contributed by atoms with Crippen molar-refractivity contribution in [1.29, 1.82) is 0 Å². The summed E-state index contributed by atoms with van der Waals surface area (Å²) in [6, 6.07) is 6.03. The molecule has 0 radical (unpaired) electrons. The van der Waals surface area contributed by atoms with Crippen LogP contribution in [-0.2, 0) is 0 Å². The first-order chi connectivity index (χ1) is 14.6. The van der Waals surface area contributed by atoms with Crippen molar-refractivity contribution >= 4 is 11.9 Å². The van der Waals surface area contributed by atoms with Gasteiger partial charge < -0.3 is 14.5 Å². The molecule has 1 aromatic carbocycles. The quantitative estimate of drug-likeness (QED) is 0.748. The lowest BCUT2D eigenvalue weighted by Crippen LogP contribution is -2.41. The van der Waals surface area contributed by atoms with Crippen molar-refractivity contribution in [3.63, 3.8) is 0 Å².